The first-order chi connectivity index (χ1) is 21.8. The van der Waals surface area contributed by atoms with Crippen LogP contribution < -0.4 is 9.64 Å². The SMILES string of the molecule is Cc1ccccc1COc1ccc(C(O)=C2C(=O)C(=O)N(c3nnc(SCc4ccccc4F)s3)C2c2ccc(I)cc2)cc1. The van der Waals surface area contributed by atoms with E-state index in [1.54, 1.807) is 42.5 Å². The van der Waals surface area contributed by atoms with Gasteiger partial charge < -0.3 is 9.84 Å². The Morgan fingerprint density at radius 1 is 0.956 bits per heavy atom. The molecule has 11 heteroatoms. The Morgan fingerprint density at radius 3 is 2.36 bits per heavy atom. The minimum atomic E-state index is -0.934. The van der Waals surface area contributed by atoms with Crippen molar-refractivity contribution in [3.8, 4) is 5.75 Å². The van der Waals surface area contributed by atoms with Gasteiger partial charge in [0.25, 0.3) is 5.78 Å². The molecule has 1 fully saturated rings. The third-order valence-electron chi connectivity index (χ3n) is 7.32. The van der Waals surface area contributed by atoms with Crippen molar-refractivity contribution in [1.29, 1.82) is 0 Å². The first-order valence-corrected chi connectivity index (χ1v) is 16.7. The van der Waals surface area contributed by atoms with Gasteiger partial charge in [0.15, 0.2) is 4.34 Å². The van der Waals surface area contributed by atoms with Gasteiger partial charge in [-0.15, -0.1) is 10.2 Å². The maximum Gasteiger partial charge on any atom is 0.301 e. The maximum atomic E-state index is 14.1. The third kappa shape index (κ3) is 6.65. The summed E-state index contributed by atoms with van der Waals surface area (Å²) < 4.78 is 21.6. The molecular weight excluding hydrogens is 724 g/mol. The number of halogens is 2. The van der Waals surface area contributed by atoms with Crippen molar-refractivity contribution in [1.82, 2.24) is 10.2 Å². The molecule has 1 saturated heterocycles. The number of rotatable bonds is 9. The standard InChI is InChI=1S/C34H25FIN3O4S2/c1-20-6-2-3-7-23(20)18-43-26-16-12-22(13-17-26)30(40)28-29(21-10-14-25(36)15-11-21)39(32(42)31(28)41)33-37-38-34(45-33)44-19-24-8-4-5-9-27(24)35/h2-17,29,40H,18-19H2,1H3. The van der Waals surface area contributed by atoms with Crippen molar-refractivity contribution in [3.05, 3.63) is 140 Å². The highest BCUT2D eigenvalue weighted by Gasteiger charge is 2.48. The molecule has 1 unspecified atom stereocenters. The molecule has 0 spiro atoms. The zero-order chi connectivity index (χ0) is 31.5. The molecule has 1 aliphatic rings. The smallest absolute Gasteiger partial charge is 0.301 e. The summed E-state index contributed by atoms with van der Waals surface area (Å²) in [6, 6.07) is 27.6. The van der Waals surface area contributed by atoms with E-state index in [9.17, 15) is 19.1 Å². The molecule has 0 aliphatic carbocycles. The molecule has 226 valence electrons. The fourth-order valence-corrected chi connectivity index (χ4v) is 7.11. The number of ether oxygens (including phenoxy) is 1. The quantitative estimate of drug-likeness (QED) is 0.0407. The second-order valence-corrected chi connectivity index (χ2v) is 13.6. The van der Waals surface area contributed by atoms with E-state index in [4.69, 9.17) is 4.74 Å². The van der Waals surface area contributed by atoms with E-state index in [0.29, 0.717) is 39.1 Å². The van der Waals surface area contributed by atoms with Gasteiger partial charge in [-0.3, -0.25) is 14.5 Å². The molecule has 0 bridgehead atoms. The minimum absolute atomic E-state index is 0.0504. The first-order valence-electron chi connectivity index (χ1n) is 13.8. The van der Waals surface area contributed by atoms with Crippen LogP contribution in [-0.4, -0.2) is 27.0 Å². The lowest BCUT2D eigenvalue weighted by Crippen LogP contribution is -2.29. The number of thioether (sulfide) groups is 1. The molecule has 7 nitrogen and oxygen atoms in total. The van der Waals surface area contributed by atoms with Crippen LogP contribution in [0.5, 0.6) is 5.75 Å². The van der Waals surface area contributed by atoms with Crippen molar-refractivity contribution < 1.29 is 23.8 Å². The average molecular weight is 750 g/mol. The third-order valence-corrected chi connectivity index (χ3v) is 10.1. The number of carbonyl (C=O) groups is 2. The van der Waals surface area contributed by atoms with E-state index in [1.807, 2.05) is 55.5 Å². The van der Waals surface area contributed by atoms with Gasteiger partial charge in [0, 0.05) is 14.9 Å². The highest BCUT2D eigenvalue weighted by molar-refractivity contribution is 14.1. The van der Waals surface area contributed by atoms with Crippen LogP contribution in [0.3, 0.4) is 0 Å². The Bertz CT molecular complexity index is 1910. The number of nitrogens with zero attached hydrogens (tertiary/aromatic N) is 3. The van der Waals surface area contributed by atoms with Crippen molar-refractivity contribution in [2.24, 2.45) is 0 Å². The summed E-state index contributed by atoms with van der Waals surface area (Å²) in [5.41, 5.74) is 3.65. The predicted octanol–water partition coefficient (Wildman–Crippen LogP) is 8.09. The number of ketones is 1. The number of benzene rings is 4. The molecule has 1 amide bonds. The van der Waals surface area contributed by atoms with Gasteiger partial charge in [0.2, 0.25) is 5.13 Å². The molecule has 0 radical (unpaired) electrons. The molecule has 1 N–H and O–H groups in total. The summed E-state index contributed by atoms with van der Waals surface area (Å²) in [7, 11) is 0. The van der Waals surface area contributed by atoms with Crippen molar-refractivity contribution in [3.63, 3.8) is 0 Å². The average Bonchev–Trinajstić information content (AvgIpc) is 3.62. The van der Waals surface area contributed by atoms with Gasteiger partial charge in [0.1, 0.15) is 23.9 Å². The van der Waals surface area contributed by atoms with Crippen LogP contribution in [0.4, 0.5) is 9.52 Å². The molecule has 6 rings (SSSR count). The summed E-state index contributed by atoms with van der Waals surface area (Å²) in [4.78, 5) is 28.3. The van der Waals surface area contributed by atoms with Crippen molar-refractivity contribution in [2.45, 2.75) is 29.7 Å². The lowest BCUT2D eigenvalue weighted by Gasteiger charge is -2.22. The lowest BCUT2D eigenvalue weighted by atomic mass is 9.95. The van der Waals surface area contributed by atoms with Crippen LogP contribution in [0.25, 0.3) is 5.76 Å². The van der Waals surface area contributed by atoms with Crippen LogP contribution in [0.1, 0.15) is 33.9 Å². The Balaban J connectivity index is 1.30. The summed E-state index contributed by atoms with van der Waals surface area (Å²) in [5.74, 6) is -1.34. The van der Waals surface area contributed by atoms with Gasteiger partial charge in [-0.1, -0.05) is 77.7 Å². The first kappa shape index (κ1) is 30.9. The number of hydrogen-bond acceptors (Lipinski definition) is 8. The van der Waals surface area contributed by atoms with Gasteiger partial charge in [-0.05, 0) is 94.2 Å². The zero-order valence-electron chi connectivity index (χ0n) is 23.8. The number of anilines is 1. The number of aliphatic hydroxyl groups excluding tert-OH is 1. The topological polar surface area (TPSA) is 92.6 Å². The molecule has 4 aromatic carbocycles. The summed E-state index contributed by atoms with van der Waals surface area (Å²) in [6.45, 7) is 2.41. The molecule has 5 aromatic rings. The van der Waals surface area contributed by atoms with Crippen molar-refractivity contribution >= 4 is 68.3 Å². The summed E-state index contributed by atoms with van der Waals surface area (Å²) >= 11 is 4.59. The Hall–Kier alpha value is -4.07. The lowest BCUT2D eigenvalue weighted by molar-refractivity contribution is -0.132. The van der Waals surface area contributed by atoms with Crippen LogP contribution >= 0.6 is 45.7 Å². The highest BCUT2D eigenvalue weighted by Crippen LogP contribution is 2.44. The van der Waals surface area contributed by atoms with E-state index in [1.165, 1.54) is 22.7 Å². The minimum Gasteiger partial charge on any atom is -0.507 e. The van der Waals surface area contributed by atoms with E-state index < -0.39 is 17.7 Å². The Labute approximate surface area is 280 Å². The largest absolute Gasteiger partial charge is 0.507 e. The normalized spacial score (nSPS) is 15.9. The molecule has 1 atom stereocenters. The van der Waals surface area contributed by atoms with E-state index in [-0.39, 0.29) is 22.3 Å². The zero-order valence-corrected chi connectivity index (χ0v) is 27.6. The number of amides is 1. The van der Waals surface area contributed by atoms with E-state index in [2.05, 4.69) is 32.8 Å². The number of aryl methyl sites for hydroxylation is 1. The molecule has 45 heavy (non-hydrogen) atoms. The van der Waals surface area contributed by atoms with Gasteiger partial charge in [0.05, 0.1) is 11.6 Å². The van der Waals surface area contributed by atoms with Gasteiger partial charge in [-0.2, -0.15) is 0 Å². The number of Topliss-reactive ketones (excluding diaryl/α,β-unsaturated/α-hetero) is 1. The fraction of sp³-hybridized carbons (Fsp3) is 0.118. The van der Waals surface area contributed by atoms with Crippen LogP contribution in [0.2, 0.25) is 0 Å². The Kier molecular flexibility index (Phi) is 9.29. The van der Waals surface area contributed by atoms with Gasteiger partial charge >= 0.3 is 5.91 Å². The molecule has 0 saturated carbocycles. The van der Waals surface area contributed by atoms with Crippen molar-refractivity contribution in [2.75, 3.05) is 4.90 Å². The van der Waals surface area contributed by atoms with Crippen LogP contribution in [0.15, 0.2) is 107 Å². The van der Waals surface area contributed by atoms with E-state index >= 15 is 0 Å². The summed E-state index contributed by atoms with van der Waals surface area (Å²) in [6.07, 6.45) is 0. The molecule has 1 aliphatic heterocycles. The number of aliphatic hydroxyl groups is 1. The summed E-state index contributed by atoms with van der Waals surface area (Å²) in [5, 5.41) is 20.1. The molecule has 2 heterocycles. The van der Waals surface area contributed by atoms with E-state index in [0.717, 1.165) is 26.0 Å². The molecular formula is C34H25FIN3O4S2. The second-order valence-electron chi connectivity index (χ2n) is 10.2. The monoisotopic (exact) mass is 749 g/mol. The number of carbonyl (C=O) groups excluding carboxylic acids is 2. The fourth-order valence-electron chi connectivity index (χ4n) is 4.90. The van der Waals surface area contributed by atoms with Gasteiger partial charge in [-0.25, -0.2) is 4.39 Å². The van der Waals surface area contributed by atoms with Crippen LogP contribution in [-0.2, 0) is 21.9 Å². The molecule has 1 aromatic heterocycles. The number of aromatic nitrogens is 2. The van der Waals surface area contributed by atoms with Crippen LogP contribution in [0, 0.1) is 16.3 Å². The Morgan fingerprint density at radius 2 is 1.64 bits per heavy atom. The second kappa shape index (κ2) is 13.5. The highest BCUT2D eigenvalue weighted by atomic mass is 127. The number of hydrogen-bond donors (Lipinski definition) is 1. The predicted molar refractivity (Wildman–Crippen MR) is 182 cm³/mol. The maximum absolute atomic E-state index is 14.1.